The molecule has 2 unspecified atom stereocenters. The van der Waals surface area contributed by atoms with Gasteiger partial charge in [-0.1, -0.05) is 63.4 Å². The van der Waals surface area contributed by atoms with Crippen LogP contribution in [0.5, 0.6) is 5.75 Å². The van der Waals surface area contributed by atoms with Crippen molar-refractivity contribution in [1.29, 1.82) is 0 Å². The molecule has 1 fully saturated rings. The monoisotopic (exact) mass is 485 g/mol. The summed E-state index contributed by atoms with van der Waals surface area (Å²) in [7, 11) is 0. The molecule has 0 saturated heterocycles. The number of para-hydroxylation sites is 1. The minimum Gasteiger partial charge on any atom is -0.484 e. The van der Waals surface area contributed by atoms with Crippen LogP contribution in [-0.2, 0) is 16.1 Å². The van der Waals surface area contributed by atoms with E-state index in [0.717, 1.165) is 31.2 Å². The van der Waals surface area contributed by atoms with Crippen LogP contribution >= 0.6 is 11.6 Å². The van der Waals surface area contributed by atoms with Gasteiger partial charge in [-0.15, -0.1) is 0 Å². The van der Waals surface area contributed by atoms with Gasteiger partial charge in [-0.3, -0.25) is 9.59 Å². The molecule has 34 heavy (non-hydrogen) atoms. The van der Waals surface area contributed by atoms with E-state index in [2.05, 4.69) is 26.1 Å². The highest BCUT2D eigenvalue weighted by molar-refractivity contribution is 6.31. The van der Waals surface area contributed by atoms with E-state index in [-0.39, 0.29) is 35.9 Å². The van der Waals surface area contributed by atoms with E-state index in [1.54, 1.807) is 24.3 Å². The van der Waals surface area contributed by atoms with Crippen LogP contribution in [0, 0.1) is 5.41 Å². The molecule has 0 radical (unpaired) electrons. The van der Waals surface area contributed by atoms with Crippen LogP contribution in [0.25, 0.3) is 0 Å². The zero-order chi connectivity index (χ0) is 24.7. The first-order chi connectivity index (χ1) is 16.1. The molecular formula is C27H36ClN3O3. The second-order valence-corrected chi connectivity index (χ2v) is 10.6. The molecule has 7 heteroatoms. The second-order valence-electron chi connectivity index (χ2n) is 10.2. The van der Waals surface area contributed by atoms with Crippen molar-refractivity contribution in [2.45, 2.75) is 71.5 Å². The Kier molecular flexibility index (Phi) is 8.97. The van der Waals surface area contributed by atoms with E-state index in [1.165, 1.54) is 0 Å². The highest BCUT2D eigenvalue weighted by Gasteiger charge is 2.33. The third-order valence-electron chi connectivity index (χ3n) is 5.97. The van der Waals surface area contributed by atoms with Crippen LogP contribution in [0.15, 0.2) is 48.5 Å². The molecule has 2 aromatic rings. The zero-order valence-electron chi connectivity index (χ0n) is 20.4. The molecule has 1 aliphatic rings. The van der Waals surface area contributed by atoms with Gasteiger partial charge >= 0.3 is 0 Å². The normalized spacial score (nSPS) is 18.3. The molecule has 0 aromatic heterocycles. The number of ether oxygens (including phenoxy) is 1. The average molecular weight is 486 g/mol. The summed E-state index contributed by atoms with van der Waals surface area (Å²) in [5.41, 5.74) is 7.71. The Bertz CT molecular complexity index is 975. The fraction of sp³-hybridized carbons (Fsp3) is 0.481. The van der Waals surface area contributed by atoms with Crippen molar-refractivity contribution >= 4 is 29.1 Å². The number of amides is 2. The lowest BCUT2D eigenvalue weighted by atomic mass is 9.87. The SMILES string of the molecule is CC(C)(C)CC(=O)N(Cc1cc(NC(=O)COc2ccccc2)ccc1Cl)C1CCCCC1N. The molecule has 2 atom stereocenters. The number of carbonyl (C=O) groups is 2. The largest absolute Gasteiger partial charge is 0.484 e. The first-order valence-electron chi connectivity index (χ1n) is 11.9. The van der Waals surface area contributed by atoms with Crippen molar-refractivity contribution < 1.29 is 14.3 Å². The Morgan fingerprint density at radius 1 is 1.12 bits per heavy atom. The molecule has 1 aliphatic carbocycles. The summed E-state index contributed by atoms with van der Waals surface area (Å²) in [5, 5.41) is 3.41. The number of hydrogen-bond acceptors (Lipinski definition) is 4. The number of nitrogens with one attached hydrogen (secondary N) is 1. The fourth-order valence-corrected chi connectivity index (χ4v) is 4.47. The van der Waals surface area contributed by atoms with Crippen LogP contribution in [0.3, 0.4) is 0 Å². The number of hydrogen-bond donors (Lipinski definition) is 2. The molecule has 0 bridgehead atoms. The maximum absolute atomic E-state index is 13.3. The molecule has 2 amide bonds. The standard InChI is InChI=1S/C27H36ClN3O3/c1-27(2,3)16-26(33)31(24-12-8-7-11-23(24)29)17-19-15-20(13-14-22(19)28)30-25(32)18-34-21-9-5-4-6-10-21/h4-6,9-10,13-15,23-24H,7-8,11-12,16-18,29H2,1-3H3,(H,30,32). The average Bonchev–Trinajstić information content (AvgIpc) is 2.78. The maximum atomic E-state index is 13.3. The lowest BCUT2D eigenvalue weighted by Gasteiger charge is -2.39. The molecule has 0 heterocycles. The molecule has 2 aromatic carbocycles. The fourth-order valence-electron chi connectivity index (χ4n) is 4.29. The number of carbonyl (C=O) groups excluding carboxylic acids is 2. The van der Waals surface area contributed by atoms with Crippen LogP contribution in [-0.4, -0.2) is 35.4 Å². The number of nitrogens with zero attached hydrogens (tertiary/aromatic N) is 1. The quantitative estimate of drug-likeness (QED) is 0.524. The maximum Gasteiger partial charge on any atom is 0.262 e. The van der Waals surface area contributed by atoms with Gasteiger partial charge in [0, 0.05) is 35.8 Å². The third-order valence-corrected chi connectivity index (χ3v) is 6.34. The predicted octanol–water partition coefficient (Wildman–Crippen LogP) is 5.39. The molecule has 3 rings (SSSR count). The minimum absolute atomic E-state index is 0.0165. The van der Waals surface area contributed by atoms with Crippen LogP contribution in [0.4, 0.5) is 5.69 Å². The van der Waals surface area contributed by atoms with Crippen molar-refractivity contribution in [2.24, 2.45) is 11.1 Å². The summed E-state index contributed by atoms with van der Waals surface area (Å²) < 4.78 is 5.52. The Morgan fingerprint density at radius 3 is 2.50 bits per heavy atom. The summed E-state index contributed by atoms with van der Waals surface area (Å²) in [6.45, 7) is 6.44. The highest BCUT2D eigenvalue weighted by atomic mass is 35.5. The summed E-state index contributed by atoms with van der Waals surface area (Å²) in [5.74, 6) is 0.440. The highest BCUT2D eigenvalue weighted by Crippen LogP contribution is 2.30. The van der Waals surface area contributed by atoms with E-state index >= 15 is 0 Å². The summed E-state index contributed by atoms with van der Waals surface area (Å²) >= 11 is 6.52. The van der Waals surface area contributed by atoms with Crippen LogP contribution < -0.4 is 15.8 Å². The first-order valence-corrected chi connectivity index (χ1v) is 12.3. The van der Waals surface area contributed by atoms with Gasteiger partial charge in [-0.25, -0.2) is 0 Å². The zero-order valence-corrected chi connectivity index (χ0v) is 21.1. The Hall–Kier alpha value is -2.57. The molecule has 0 spiro atoms. The number of benzene rings is 2. The summed E-state index contributed by atoms with van der Waals surface area (Å²) in [6, 6.07) is 14.4. The first kappa shape index (κ1) is 26.0. The van der Waals surface area contributed by atoms with Gasteiger partial charge in [0.1, 0.15) is 5.75 Å². The number of rotatable bonds is 8. The molecule has 1 saturated carbocycles. The molecule has 184 valence electrons. The molecule has 0 aliphatic heterocycles. The lowest BCUT2D eigenvalue weighted by molar-refractivity contribution is -0.137. The van der Waals surface area contributed by atoms with Crippen LogP contribution in [0.1, 0.15) is 58.4 Å². The van der Waals surface area contributed by atoms with Crippen molar-refractivity contribution in [3.05, 3.63) is 59.1 Å². The van der Waals surface area contributed by atoms with Crippen molar-refractivity contribution in [3.8, 4) is 5.75 Å². The van der Waals surface area contributed by atoms with Crippen LogP contribution in [0.2, 0.25) is 5.02 Å². The van der Waals surface area contributed by atoms with Gasteiger partial charge in [0.2, 0.25) is 5.91 Å². The smallest absolute Gasteiger partial charge is 0.262 e. The van der Waals surface area contributed by atoms with E-state index in [4.69, 9.17) is 22.1 Å². The van der Waals surface area contributed by atoms with E-state index in [1.807, 2.05) is 29.2 Å². The van der Waals surface area contributed by atoms with Gasteiger partial charge in [-0.2, -0.15) is 0 Å². The minimum atomic E-state index is -0.271. The molecular weight excluding hydrogens is 450 g/mol. The van der Waals surface area contributed by atoms with Gasteiger partial charge < -0.3 is 20.7 Å². The predicted molar refractivity (Wildman–Crippen MR) is 137 cm³/mol. The lowest BCUT2D eigenvalue weighted by Crippen LogP contribution is -2.52. The summed E-state index contributed by atoms with van der Waals surface area (Å²) in [4.78, 5) is 27.7. The number of anilines is 1. The van der Waals surface area contributed by atoms with E-state index in [9.17, 15) is 9.59 Å². The van der Waals surface area contributed by atoms with Crippen molar-refractivity contribution in [1.82, 2.24) is 4.90 Å². The number of halogens is 1. The Labute approximate surface area is 207 Å². The van der Waals surface area contributed by atoms with Gasteiger partial charge in [-0.05, 0) is 54.2 Å². The van der Waals surface area contributed by atoms with Crippen molar-refractivity contribution in [2.75, 3.05) is 11.9 Å². The van der Waals surface area contributed by atoms with Gasteiger partial charge in [0.25, 0.3) is 5.91 Å². The van der Waals surface area contributed by atoms with Gasteiger partial charge in [0.15, 0.2) is 6.61 Å². The summed E-state index contributed by atoms with van der Waals surface area (Å²) in [6.07, 6.45) is 4.38. The van der Waals surface area contributed by atoms with Gasteiger partial charge in [0.05, 0.1) is 0 Å². The van der Waals surface area contributed by atoms with E-state index < -0.39 is 0 Å². The molecule has 3 N–H and O–H groups in total. The molecule has 6 nitrogen and oxygen atoms in total. The topological polar surface area (TPSA) is 84.7 Å². The van der Waals surface area contributed by atoms with E-state index in [0.29, 0.717) is 29.4 Å². The van der Waals surface area contributed by atoms with Crippen molar-refractivity contribution in [3.63, 3.8) is 0 Å². The number of nitrogens with two attached hydrogens (primary N) is 1. The Balaban J connectivity index is 1.73. The Morgan fingerprint density at radius 2 is 1.82 bits per heavy atom. The third kappa shape index (κ3) is 7.74. The second kappa shape index (κ2) is 11.7.